The smallest absolute Gasteiger partial charge is 0.0316 e. The molecular weight excluding hydrogens is 220 g/mol. The molecule has 2 heteroatoms. The summed E-state index contributed by atoms with van der Waals surface area (Å²) in [6.45, 7) is 0. The Kier molecular flexibility index (Phi) is 4.37. The van der Waals surface area contributed by atoms with Crippen molar-refractivity contribution < 1.29 is 0 Å². The highest BCUT2D eigenvalue weighted by atomic mass is 14.9. The van der Waals surface area contributed by atoms with Gasteiger partial charge in [-0.15, -0.1) is 0 Å². The maximum Gasteiger partial charge on any atom is 0.0316 e. The molecule has 0 amide bonds. The topological polar surface area (TPSA) is 38.0 Å². The first kappa shape index (κ1) is 12.7. The van der Waals surface area contributed by atoms with E-state index in [1.807, 2.05) is 31.3 Å². The molecule has 93 valence electrons. The number of benzene rings is 2. The molecule has 0 aliphatic carbocycles. The van der Waals surface area contributed by atoms with Gasteiger partial charge in [-0.2, -0.15) is 0 Å². The van der Waals surface area contributed by atoms with Crippen LogP contribution >= 0.6 is 0 Å². The van der Waals surface area contributed by atoms with Crippen LogP contribution in [0.1, 0.15) is 11.1 Å². The molecule has 2 rings (SSSR count). The molecule has 0 heterocycles. The number of nitrogens with one attached hydrogen (secondary N) is 1. The SMILES string of the molecule is CNC([CH]c1cccc(N)c1)Cc1ccccc1. The molecule has 0 saturated heterocycles. The minimum Gasteiger partial charge on any atom is -0.399 e. The summed E-state index contributed by atoms with van der Waals surface area (Å²) in [6.07, 6.45) is 3.19. The summed E-state index contributed by atoms with van der Waals surface area (Å²) in [4.78, 5) is 0. The van der Waals surface area contributed by atoms with Crippen LogP contribution in [0.3, 0.4) is 0 Å². The number of anilines is 1. The first-order valence-electron chi connectivity index (χ1n) is 6.19. The van der Waals surface area contributed by atoms with Gasteiger partial charge < -0.3 is 11.1 Å². The van der Waals surface area contributed by atoms with Crippen LogP contribution in [0, 0.1) is 6.42 Å². The van der Waals surface area contributed by atoms with E-state index >= 15 is 0 Å². The number of nitrogens with two attached hydrogens (primary N) is 1. The van der Waals surface area contributed by atoms with E-state index in [2.05, 4.69) is 42.1 Å². The largest absolute Gasteiger partial charge is 0.399 e. The van der Waals surface area contributed by atoms with Gasteiger partial charge in [0.2, 0.25) is 0 Å². The third-order valence-electron chi connectivity index (χ3n) is 2.97. The van der Waals surface area contributed by atoms with Gasteiger partial charge in [0.15, 0.2) is 0 Å². The second-order valence-corrected chi connectivity index (χ2v) is 4.42. The third-order valence-corrected chi connectivity index (χ3v) is 2.97. The van der Waals surface area contributed by atoms with Crippen LogP contribution in [0.4, 0.5) is 5.69 Å². The van der Waals surface area contributed by atoms with Crippen LogP contribution in [0.5, 0.6) is 0 Å². The molecule has 0 fully saturated rings. The van der Waals surface area contributed by atoms with Crippen LogP contribution in [0.15, 0.2) is 54.6 Å². The summed E-state index contributed by atoms with van der Waals surface area (Å²) in [6, 6.07) is 18.8. The molecule has 0 spiro atoms. The fraction of sp³-hybridized carbons (Fsp3) is 0.188. The van der Waals surface area contributed by atoms with Gasteiger partial charge >= 0.3 is 0 Å². The third kappa shape index (κ3) is 3.60. The molecule has 2 aromatic rings. The Labute approximate surface area is 109 Å². The van der Waals surface area contributed by atoms with E-state index in [0.29, 0.717) is 6.04 Å². The van der Waals surface area contributed by atoms with Crippen molar-refractivity contribution in [2.24, 2.45) is 0 Å². The quantitative estimate of drug-likeness (QED) is 0.787. The summed E-state index contributed by atoms with van der Waals surface area (Å²) in [5, 5.41) is 3.32. The molecule has 1 unspecified atom stereocenters. The van der Waals surface area contributed by atoms with Gasteiger partial charge in [0.25, 0.3) is 0 Å². The van der Waals surface area contributed by atoms with E-state index in [1.165, 1.54) is 5.56 Å². The minimum atomic E-state index is 0.314. The Bertz CT molecular complexity index is 479. The van der Waals surface area contributed by atoms with Gasteiger partial charge in [0.05, 0.1) is 0 Å². The van der Waals surface area contributed by atoms with E-state index in [9.17, 15) is 0 Å². The molecule has 1 radical (unpaired) electrons. The maximum absolute atomic E-state index is 5.79. The van der Waals surface area contributed by atoms with Gasteiger partial charge in [0.1, 0.15) is 0 Å². The Morgan fingerprint density at radius 3 is 2.56 bits per heavy atom. The fourth-order valence-electron chi connectivity index (χ4n) is 2.01. The van der Waals surface area contributed by atoms with Crippen molar-refractivity contribution in [3.63, 3.8) is 0 Å². The van der Waals surface area contributed by atoms with Crippen molar-refractivity contribution >= 4 is 5.69 Å². The Hall–Kier alpha value is -1.80. The van der Waals surface area contributed by atoms with Gasteiger partial charge in [-0.25, -0.2) is 0 Å². The van der Waals surface area contributed by atoms with E-state index in [-0.39, 0.29) is 0 Å². The van der Waals surface area contributed by atoms with Gasteiger partial charge in [0, 0.05) is 18.2 Å². The van der Waals surface area contributed by atoms with Gasteiger partial charge in [-0.05, 0) is 36.7 Å². The van der Waals surface area contributed by atoms with Crippen LogP contribution < -0.4 is 11.1 Å². The Morgan fingerprint density at radius 1 is 1.11 bits per heavy atom. The summed E-state index contributed by atoms with van der Waals surface area (Å²) < 4.78 is 0. The van der Waals surface area contributed by atoms with Crippen molar-refractivity contribution in [1.82, 2.24) is 5.32 Å². The molecule has 0 aliphatic rings. The van der Waals surface area contributed by atoms with E-state index in [1.54, 1.807) is 0 Å². The predicted octanol–water partition coefficient (Wildman–Crippen LogP) is 2.65. The van der Waals surface area contributed by atoms with Crippen LogP contribution in [-0.2, 0) is 6.42 Å². The highest BCUT2D eigenvalue weighted by molar-refractivity contribution is 5.43. The first-order valence-corrected chi connectivity index (χ1v) is 6.19. The van der Waals surface area contributed by atoms with Crippen molar-refractivity contribution in [3.05, 3.63) is 72.1 Å². The first-order chi connectivity index (χ1) is 8.78. The van der Waals surface area contributed by atoms with E-state index in [0.717, 1.165) is 17.7 Å². The van der Waals surface area contributed by atoms with Gasteiger partial charge in [-0.3, -0.25) is 0 Å². The number of hydrogen-bond donors (Lipinski definition) is 2. The second kappa shape index (κ2) is 6.22. The number of nitrogen functional groups attached to an aromatic ring is 1. The molecular formula is C16H19N2. The van der Waals surface area contributed by atoms with Gasteiger partial charge in [-0.1, -0.05) is 42.5 Å². The lowest BCUT2D eigenvalue weighted by molar-refractivity contribution is 0.635. The molecule has 1 atom stereocenters. The second-order valence-electron chi connectivity index (χ2n) is 4.42. The monoisotopic (exact) mass is 239 g/mol. The molecule has 2 aromatic carbocycles. The summed E-state index contributed by atoms with van der Waals surface area (Å²) >= 11 is 0. The minimum absolute atomic E-state index is 0.314. The lowest BCUT2D eigenvalue weighted by Crippen LogP contribution is -2.28. The van der Waals surface area contributed by atoms with Crippen molar-refractivity contribution in [3.8, 4) is 0 Å². The normalized spacial score (nSPS) is 12.3. The average Bonchev–Trinajstić information content (AvgIpc) is 2.39. The zero-order chi connectivity index (χ0) is 12.8. The lowest BCUT2D eigenvalue weighted by Gasteiger charge is -2.16. The zero-order valence-corrected chi connectivity index (χ0v) is 10.6. The summed E-state index contributed by atoms with van der Waals surface area (Å²) in [5.41, 5.74) is 9.08. The molecule has 0 bridgehead atoms. The van der Waals surface area contributed by atoms with E-state index < -0.39 is 0 Å². The molecule has 0 aromatic heterocycles. The van der Waals surface area contributed by atoms with Crippen LogP contribution in [0.25, 0.3) is 0 Å². The molecule has 3 N–H and O–H groups in total. The fourth-order valence-corrected chi connectivity index (χ4v) is 2.01. The highest BCUT2D eigenvalue weighted by Crippen LogP contribution is 2.13. The van der Waals surface area contributed by atoms with Crippen LogP contribution in [0.2, 0.25) is 0 Å². The molecule has 0 aliphatic heterocycles. The summed E-state index contributed by atoms with van der Waals surface area (Å²) in [7, 11) is 1.98. The Balaban J connectivity index is 2.01. The van der Waals surface area contributed by atoms with Crippen LogP contribution in [-0.4, -0.2) is 13.1 Å². The van der Waals surface area contributed by atoms with Crippen molar-refractivity contribution in [2.45, 2.75) is 12.5 Å². The number of likely N-dealkylation sites (N-methyl/N-ethyl adjacent to an activating group) is 1. The molecule has 0 saturated carbocycles. The Morgan fingerprint density at radius 2 is 1.89 bits per heavy atom. The lowest BCUT2D eigenvalue weighted by atomic mass is 9.99. The van der Waals surface area contributed by atoms with Crippen molar-refractivity contribution in [1.29, 1.82) is 0 Å². The zero-order valence-electron chi connectivity index (χ0n) is 10.6. The van der Waals surface area contributed by atoms with E-state index in [4.69, 9.17) is 5.73 Å². The maximum atomic E-state index is 5.79. The molecule has 18 heavy (non-hydrogen) atoms. The molecule has 2 nitrogen and oxygen atoms in total. The van der Waals surface area contributed by atoms with Crippen molar-refractivity contribution in [2.75, 3.05) is 12.8 Å². The number of hydrogen-bond acceptors (Lipinski definition) is 2. The highest BCUT2D eigenvalue weighted by Gasteiger charge is 2.08. The average molecular weight is 239 g/mol. The standard InChI is InChI=1S/C16H19N2/c1-18-16(11-13-6-3-2-4-7-13)12-14-8-5-9-15(17)10-14/h2-10,12,16,18H,11,17H2,1H3. The predicted molar refractivity (Wildman–Crippen MR) is 77.3 cm³/mol. The summed E-state index contributed by atoms with van der Waals surface area (Å²) in [5.74, 6) is 0. The number of rotatable bonds is 5.